The lowest BCUT2D eigenvalue weighted by Crippen LogP contribution is -2.48. The van der Waals surface area contributed by atoms with Crippen LogP contribution in [0.1, 0.15) is 31.7 Å². The van der Waals surface area contributed by atoms with Crippen molar-refractivity contribution in [2.75, 3.05) is 13.1 Å². The Labute approximate surface area is 169 Å². The molecule has 5 rings (SSSR count). The summed E-state index contributed by atoms with van der Waals surface area (Å²) >= 11 is 0. The highest BCUT2D eigenvalue weighted by Crippen LogP contribution is 2.59. The number of carbonyl (C=O) groups is 3. The molecule has 4 fully saturated rings. The molecule has 2 heterocycles. The lowest BCUT2D eigenvalue weighted by atomic mass is 9.78. The zero-order valence-corrected chi connectivity index (χ0v) is 16.3. The third kappa shape index (κ3) is 2.86. The monoisotopic (exact) mass is 399 g/mol. The minimum atomic E-state index is -0.704. The third-order valence-electron chi connectivity index (χ3n) is 7.13. The quantitative estimate of drug-likeness (QED) is 0.607. The maximum Gasteiger partial charge on any atom is 0.311 e. The Kier molecular flexibility index (Phi) is 4.38. The summed E-state index contributed by atoms with van der Waals surface area (Å²) in [6.45, 7) is 2.85. The van der Waals surface area contributed by atoms with Crippen molar-refractivity contribution in [1.82, 2.24) is 5.32 Å². The van der Waals surface area contributed by atoms with Crippen LogP contribution in [0.2, 0.25) is 0 Å². The maximum atomic E-state index is 13.5. The van der Waals surface area contributed by atoms with Gasteiger partial charge in [-0.1, -0.05) is 30.3 Å². The van der Waals surface area contributed by atoms with Crippen LogP contribution in [0.15, 0.2) is 30.3 Å². The first-order chi connectivity index (χ1) is 14.0. The number of piperidine rings is 1. The van der Waals surface area contributed by atoms with Crippen molar-refractivity contribution in [2.24, 2.45) is 23.7 Å². The molecule has 6 atom stereocenters. The summed E-state index contributed by atoms with van der Waals surface area (Å²) in [6.07, 6.45) is 1.02. The predicted octanol–water partition coefficient (Wildman–Crippen LogP) is 1.55. The van der Waals surface area contributed by atoms with Gasteiger partial charge in [0.05, 0.1) is 11.8 Å². The van der Waals surface area contributed by atoms with Crippen LogP contribution in [0.3, 0.4) is 0 Å². The lowest BCUT2D eigenvalue weighted by Gasteiger charge is -2.39. The van der Waals surface area contributed by atoms with E-state index in [1.807, 2.05) is 30.3 Å². The molecule has 29 heavy (non-hydrogen) atoms. The first kappa shape index (κ1) is 18.6. The molecule has 0 spiro atoms. The molecule has 2 aliphatic heterocycles. The highest BCUT2D eigenvalue weighted by Gasteiger charge is 2.70. The zero-order valence-electron chi connectivity index (χ0n) is 16.3. The van der Waals surface area contributed by atoms with E-state index >= 15 is 0 Å². The van der Waals surface area contributed by atoms with Crippen LogP contribution in [-0.4, -0.2) is 43.2 Å². The van der Waals surface area contributed by atoms with Gasteiger partial charge < -0.3 is 19.5 Å². The van der Waals surface area contributed by atoms with E-state index in [9.17, 15) is 14.4 Å². The molecule has 2 saturated heterocycles. The second-order valence-electron chi connectivity index (χ2n) is 8.62. The fourth-order valence-corrected chi connectivity index (χ4v) is 5.94. The van der Waals surface area contributed by atoms with Crippen molar-refractivity contribution >= 4 is 17.9 Å². The minimum Gasteiger partial charge on any atom is -0.458 e. The summed E-state index contributed by atoms with van der Waals surface area (Å²) in [5, 5.41) is 3.32. The fraction of sp³-hybridized carbons (Fsp3) is 0.591. The fourth-order valence-electron chi connectivity index (χ4n) is 5.94. The Bertz CT molecular complexity index is 833. The Balaban J connectivity index is 1.44. The first-order valence-electron chi connectivity index (χ1n) is 10.4. The summed E-state index contributed by atoms with van der Waals surface area (Å²) in [5.74, 6) is -2.57. The van der Waals surface area contributed by atoms with Crippen molar-refractivity contribution in [2.45, 2.75) is 44.0 Å². The third-order valence-corrected chi connectivity index (χ3v) is 7.13. The number of hydrogen-bond donors (Lipinski definition) is 1. The molecule has 2 aliphatic carbocycles. The Morgan fingerprint density at radius 2 is 1.86 bits per heavy atom. The average molecular weight is 399 g/mol. The van der Waals surface area contributed by atoms with Crippen LogP contribution < -0.4 is 5.32 Å². The topological polar surface area (TPSA) is 90.9 Å². The number of benzene rings is 1. The molecule has 2 bridgehead atoms. The number of nitrogens with one attached hydrogen (secondary N) is 1. The van der Waals surface area contributed by atoms with E-state index in [1.165, 1.54) is 6.92 Å². The van der Waals surface area contributed by atoms with E-state index in [-0.39, 0.29) is 23.8 Å². The molecule has 1 N–H and O–H groups in total. The van der Waals surface area contributed by atoms with E-state index in [1.54, 1.807) is 0 Å². The molecule has 6 unspecified atom stereocenters. The summed E-state index contributed by atoms with van der Waals surface area (Å²) in [6, 6.07) is 9.80. The van der Waals surface area contributed by atoms with Gasteiger partial charge in [-0.25, -0.2) is 0 Å². The van der Waals surface area contributed by atoms with Gasteiger partial charge in [-0.05, 0) is 25.1 Å². The molecule has 7 heteroatoms. The first-order valence-corrected chi connectivity index (χ1v) is 10.4. The van der Waals surface area contributed by atoms with E-state index < -0.39 is 35.6 Å². The van der Waals surface area contributed by atoms with Gasteiger partial charge in [0, 0.05) is 31.6 Å². The van der Waals surface area contributed by atoms with E-state index in [0.717, 1.165) is 18.7 Å². The van der Waals surface area contributed by atoms with Crippen molar-refractivity contribution < 1.29 is 28.6 Å². The van der Waals surface area contributed by atoms with Crippen molar-refractivity contribution in [3.63, 3.8) is 0 Å². The Morgan fingerprint density at radius 1 is 1.14 bits per heavy atom. The van der Waals surface area contributed by atoms with Crippen molar-refractivity contribution in [1.29, 1.82) is 0 Å². The normalized spacial score (nSPS) is 36.5. The second kappa shape index (κ2) is 6.83. The van der Waals surface area contributed by atoms with E-state index in [2.05, 4.69) is 5.32 Å². The number of esters is 3. The molecular weight excluding hydrogens is 374 g/mol. The molecule has 154 valence electrons. The molecule has 7 nitrogen and oxygen atoms in total. The minimum absolute atomic E-state index is 0.0740. The number of ether oxygens (including phenoxy) is 3. The average Bonchev–Trinajstić information content (AvgIpc) is 3.33. The largest absolute Gasteiger partial charge is 0.458 e. The van der Waals surface area contributed by atoms with Crippen LogP contribution in [-0.2, 0) is 34.2 Å². The molecule has 0 aromatic heterocycles. The van der Waals surface area contributed by atoms with Gasteiger partial charge in [0.2, 0.25) is 0 Å². The van der Waals surface area contributed by atoms with Crippen LogP contribution in [0.4, 0.5) is 0 Å². The van der Waals surface area contributed by atoms with Crippen LogP contribution in [0, 0.1) is 23.7 Å². The number of rotatable bonds is 4. The molecular formula is C22H25NO6. The predicted molar refractivity (Wildman–Crippen MR) is 100 cm³/mol. The van der Waals surface area contributed by atoms with E-state index in [0.29, 0.717) is 19.3 Å². The molecule has 0 radical (unpaired) electrons. The molecule has 2 saturated carbocycles. The van der Waals surface area contributed by atoms with Crippen molar-refractivity contribution in [3.05, 3.63) is 35.9 Å². The number of hydrogen-bond acceptors (Lipinski definition) is 7. The van der Waals surface area contributed by atoms with Gasteiger partial charge >= 0.3 is 17.9 Å². The molecule has 1 aromatic rings. The summed E-state index contributed by atoms with van der Waals surface area (Å²) in [4.78, 5) is 37.5. The summed E-state index contributed by atoms with van der Waals surface area (Å²) in [7, 11) is 0. The number of fused-ring (bicyclic) bond motifs is 1. The van der Waals surface area contributed by atoms with E-state index in [4.69, 9.17) is 14.2 Å². The van der Waals surface area contributed by atoms with Gasteiger partial charge in [-0.15, -0.1) is 0 Å². The van der Waals surface area contributed by atoms with Crippen LogP contribution in [0.5, 0.6) is 0 Å². The second-order valence-corrected chi connectivity index (χ2v) is 8.62. The van der Waals surface area contributed by atoms with Crippen LogP contribution >= 0.6 is 0 Å². The SMILES string of the molecule is CC(=O)OC1C2CC3C1OC(=O)C3C2C(=O)OC1(c2ccccc2)CCNCC1. The van der Waals surface area contributed by atoms with Gasteiger partial charge in [0.15, 0.2) is 0 Å². The van der Waals surface area contributed by atoms with Gasteiger partial charge in [0.1, 0.15) is 17.8 Å². The van der Waals surface area contributed by atoms with Crippen LogP contribution in [0.25, 0.3) is 0 Å². The van der Waals surface area contributed by atoms with Gasteiger partial charge in [-0.2, -0.15) is 0 Å². The Hall–Kier alpha value is -2.41. The van der Waals surface area contributed by atoms with Gasteiger partial charge in [-0.3, -0.25) is 14.4 Å². The Morgan fingerprint density at radius 3 is 2.55 bits per heavy atom. The zero-order chi connectivity index (χ0) is 20.2. The number of carbonyl (C=O) groups excluding carboxylic acids is 3. The summed E-state index contributed by atoms with van der Waals surface area (Å²) < 4.78 is 17.2. The summed E-state index contributed by atoms with van der Waals surface area (Å²) in [5.41, 5.74) is 0.269. The molecule has 4 aliphatic rings. The highest BCUT2D eigenvalue weighted by atomic mass is 16.6. The van der Waals surface area contributed by atoms with Gasteiger partial charge in [0.25, 0.3) is 0 Å². The highest BCUT2D eigenvalue weighted by molar-refractivity contribution is 5.86. The van der Waals surface area contributed by atoms with Crippen molar-refractivity contribution in [3.8, 4) is 0 Å². The maximum absolute atomic E-state index is 13.5. The lowest BCUT2D eigenvalue weighted by molar-refractivity contribution is -0.178. The standard InChI is InChI=1S/C22H25NO6/c1-12(24)27-18-15-11-14-16(20(25)28-19(14)18)17(15)21(26)29-22(7-9-23-10-8-22)13-5-3-2-4-6-13/h2-6,14-19,23H,7-11H2,1H3. The molecule has 1 aromatic carbocycles. The molecule has 0 amide bonds. The smallest absolute Gasteiger partial charge is 0.311 e.